The van der Waals surface area contributed by atoms with Crippen molar-refractivity contribution in [2.45, 2.75) is 27.2 Å². The highest BCUT2D eigenvalue weighted by molar-refractivity contribution is 9.10. The van der Waals surface area contributed by atoms with E-state index < -0.39 is 0 Å². The van der Waals surface area contributed by atoms with Crippen LogP contribution in [0.15, 0.2) is 22.7 Å². The summed E-state index contributed by atoms with van der Waals surface area (Å²) in [5, 5.41) is 0.468. The molecule has 1 aromatic heterocycles. The van der Waals surface area contributed by atoms with Gasteiger partial charge >= 0.3 is 0 Å². The van der Waals surface area contributed by atoms with Crippen LogP contribution in [-0.2, 0) is 6.42 Å². The van der Waals surface area contributed by atoms with Crippen LogP contribution in [0.5, 0.6) is 0 Å². The van der Waals surface area contributed by atoms with Crippen molar-refractivity contribution in [2.24, 2.45) is 0 Å². The van der Waals surface area contributed by atoms with Crippen LogP contribution in [-0.4, -0.2) is 9.97 Å². The van der Waals surface area contributed by atoms with Gasteiger partial charge in [0.2, 0.25) is 0 Å². The Morgan fingerprint density at radius 1 is 1.17 bits per heavy atom. The number of rotatable bonds is 2. The molecule has 0 saturated heterocycles. The van der Waals surface area contributed by atoms with E-state index in [4.69, 9.17) is 11.6 Å². The van der Waals surface area contributed by atoms with Crippen molar-refractivity contribution in [3.8, 4) is 11.4 Å². The van der Waals surface area contributed by atoms with Crippen molar-refractivity contribution in [1.82, 2.24) is 9.97 Å². The maximum Gasteiger partial charge on any atom is 0.161 e. The monoisotopic (exact) mass is 324 g/mol. The van der Waals surface area contributed by atoms with E-state index in [-0.39, 0.29) is 0 Å². The summed E-state index contributed by atoms with van der Waals surface area (Å²) < 4.78 is 0.791. The Hall–Kier alpha value is -0.930. The lowest BCUT2D eigenvalue weighted by atomic mass is 10.1. The van der Waals surface area contributed by atoms with Crippen LogP contribution in [0.25, 0.3) is 11.4 Å². The van der Waals surface area contributed by atoms with Gasteiger partial charge in [0.25, 0.3) is 0 Å². The lowest BCUT2D eigenvalue weighted by molar-refractivity contribution is 0.990. The number of hydrogen-bond donors (Lipinski definition) is 0. The summed E-state index contributed by atoms with van der Waals surface area (Å²) >= 11 is 9.54. The molecule has 0 saturated carbocycles. The maximum atomic E-state index is 6.12. The molecule has 0 spiro atoms. The second-order valence-electron chi connectivity index (χ2n) is 4.25. The fourth-order valence-corrected chi connectivity index (χ4v) is 2.35. The first-order valence-corrected chi connectivity index (χ1v) is 6.99. The zero-order valence-corrected chi connectivity index (χ0v) is 12.9. The molecule has 2 rings (SSSR count). The first-order chi connectivity index (χ1) is 8.52. The summed E-state index contributed by atoms with van der Waals surface area (Å²) in [6.45, 7) is 6.22. The van der Waals surface area contributed by atoms with E-state index in [1.807, 2.05) is 13.0 Å². The lowest BCUT2D eigenvalue weighted by Gasteiger charge is -2.08. The first kappa shape index (κ1) is 13.5. The maximum absolute atomic E-state index is 6.12. The number of hydrogen-bond acceptors (Lipinski definition) is 2. The van der Waals surface area contributed by atoms with Crippen LogP contribution >= 0.6 is 27.5 Å². The average Bonchev–Trinajstić information content (AvgIpc) is 2.36. The van der Waals surface area contributed by atoms with Gasteiger partial charge in [-0.3, -0.25) is 0 Å². The Morgan fingerprint density at radius 2 is 1.89 bits per heavy atom. The van der Waals surface area contributed by atoms with Gasteiger partial charge in [-0.1, -0.05) is 30.7 Å². The highest BCUT2D eigenvalue weighted by atomic mass is 79.9. The van der Waals surface area contributed by atoms with Crippen LogP contribution in [0.2, 0.25) is 5.15 Å². The smallest absolute Gasteiger partial charge is 0.161 e. The molecule has 2 nitrogen and oxygen atoms in total. The lowest BCUT2D eigenvalue weighted by Crippen LogP contribution is -1.98. The third-order valence-corrected chi connectivity index (χ3v) is 4.31. The van der Waals surface area contributed by atoms with E-state index in [1.54, 1.807) is 0 Å². The van der Waals surface area contributed by atoms with Crippen LogP contribution in [0, 0.1) is 13.8 Å². The van der Waals surface area contributed by atoms with Crippen molar-refractivity contribution in [2.75, 3.05) is 0 Å². The van der Waals surface area contributed by atoms with Crippen LogP contribution < -0.4 is 0 Å². The Balaban J connectivity index is 2.57. The summed E-state index contributed by atoms with van der Waals surface area (Å²) in [5.41, 5.74) is 4.43. The fraction of sp³-hybridized carbons (Fsp3) is 0.286. The highest BCUT2D eigenvalue weighted by Gasteiger charge is 2.11. The third-order valence-electron chi connectivity index (χ3n) is 2.98. The van der Waals surface area contributed by atoms with Crippen molar-refractivity contribution >= 4 is 27.5 Å². The molecule has 2 aromatic rings. The van der Waals surface area contributed by atoms with Crippen LogP contribution in [0.4, 0.5) is 0 Å². The molecule has 0 N–H and O–H groups in total. The largest absolute Gasteiger partial charge is 0.232 e. The van der Waals surface area contributed by atoms with Gasteiger partial charge < -0.3 is 0 Å². The average molecular weight is 326 g/mol. The molecule has 1 heterocycles. The fourth-order valence-electron chi connectivity index (χ4n) is 1.71. The molecule has 0 atom stereocenters. The van der Waals surface area contributed by atoms with Crippen molar-refractivity contribution < 1.29 is 0 Å². The molecule has 0 aliphatic rings. The van der Waals surface area contributed by atoms with E-state index in [0.29, 0.717) is 11.0 Å². The quantitative estimate of drug-likeness (QED) is 0.745. The second-order valence-corrected chi connectivity index (χ2v) is 5.40. The van der Waals surface area contributed by atoms with E-state index >= 15 is 0 Å². The minimum Gasteiger partial charge on any atom is -0.232 e. The molecule has 4 heteroatoms. The molecule has 18 heavy (non-hydrogen) atoms. The predicted octanol–water partition coefficient (Wildman–Crippen LogP) is 4.74. The Morgan fingerprint density at radius 3 is 2.50 bits per heavy atom. The molecular weight excluding hydrogens is 312 g/mol. The van der Waals surface area contributed by atoms with Crippen molar-refractivity contribution in [3.63, 3.8) is 0 Å². The summed E-state index contributed by atoms with van der Waals surface area (Å²) in [7, 11) is 0. The molecule has 0 fully saturated rings. The van der Waals surface area contributed by atoms with Gasteiger partial charge in [0.1, 0.15) is 5.15 Å². The van der Waals surface area contributed by atoms with Gasteiger partial charge in [0, 0.05) is 5.56 Å². The van der Waals surface area contributed by atoms with Crippen LogP contribution in [0.1, 0.15) is 23.7 Å². The summed E-state index contributed by atoms with van der Waals surface area (Å²) in [5.74, 6) is 0.683. The SMILES string of the molecule is CCc1nc(-c2ccc(C)c(C)c2)nc(Cl)c1Br. The zero-order valence-electron chi connectivity index (χ0n) is 10.6. The van der Waals surface area contributed by atoms with E-state index in [2.05, 4.69) is 51.9 Å². The standard InChI is InChI=1S/C14H14BrClN2/c1-4-11-12(15)13(16)18-14(17-11)10-6-5-8(2)9(3)7-10/h5-7H,4H2,1-3H3. The van der Waals surface area contributed by atoms with E-state index in [9.17, 15) is 0 Å². The Kier molecular flexibility index (Phi) is 4.03. The minimum absolute atomic E-state index is 0.468. The van der Waals surface area contributed by atoms with Crippen molar-refractivity contribution in [3.05, 3.63) is 44.6 Å². The summed E-state index contributed by atoms with van der Waals surface area (Å²) in [6, 6.07) is 6.20. The molecule has 94 valence electrons. The summed E-state index contributed by atoms with van der Waals surface area (Å²) in [6.07, 6.45) is 0.820. The number of nitrogens with zero attached hydrogens (tertiary/aromatic N) is 2. The Labute approximate surface area is 121 Å². The molecular formula is C14H14BrClN2. The van der Waals surface area contributed by atoms with Gasteiger partial charge in [0.05, 0.1) is 10.2 Å². The number of aromatic nitrogens is 2. The number of benzene rings is 1. The number of halogens is 2. The third kappa shape index (κ3) is 2.57. The van der Waals surface area contributed by atoms with Gasteiger partial charge in [-0.2, -0.15) is 0 Å². The summed E-state index contributed by atoms with van der Waals surface area (Å²) in [4.78, 5) is 8.88. The molecule has 0 aliphatic heterocycles. The molecule has 1 aromatic carbocycles. The predicted molar refractivity (Wildman–Crippen MR) is 79.0 cm³/mol. The van der Waals surface area contributed by atoms with E-state index in [1.165, 1.54) is 11.1 Å². The molecule has 0 bridgehead atoms. The topological polar surface area (TPSA) is 25.8 Å². The molecule has 0 amide bonds. The van der Waals surface area contributed by atoms with Crippen molar-refractivity contribution in [1.29, 1.82) is 0 Å². The minimum atomic E-state index is 0.468. The first-order valence-electron chi connectivity index (χ1n) is 5.82. The van der Waals surface area contributed by atoms with E-state index in [0.717, 1.165) is 22.2 Å². The molecule has 0 aliphatic carbocycles. The Bertz CT molecular complexity index is 597. The van der Waals surface area contributed by atoms with Gasteiger partial charge in [-0.15, -0.1) is 0 Å². The molecule has 0 radical (unpaired) electrons. The normalized spacial score (nSPS) is 10.7. The van der Waals surface area contributed by atoms with Gasteiger partial charge in [0.15, 0.2) is 5.82 Å². The second kappa shape index (κ2) is 5.37. The van der Waals surface area contributed by atoms with Crippen LogP contribution in [0.3, 0.4) is 0 Å². The highest BCUT2D eigenvalue weighted by Crippen LogP contribution is 2.27. The molecule has 0 unspecified atom stereocenters. The number of aryl methyl sites for hydroxylation is 3. The zero-order chi connectivity index (χ0) is 13.3. The van der Waals surface area contributed by atoms with Gasteiger partial charge in [-0.05, 0) is 53.4 Å². The van der Waals surface area contributed by atoms with Gasteiger partial charge in [-0.25, -0.2) is 9.97 Å².